The van der Waals surface area contributed by atoms with Gasteiger partial charge >= 0.3 is 11.9 Å². The summed E-state index contributed by atoms with van der Waals surface area (Å²) in [4.78, 5) is 69.6. The molecule has 0 unspecified atom stereocenters. The standard InChI is InChI=1S/C48H49N3O7/c1-57-46(55)31-20-32(47(56)58-2)22-33(21-31)50-43(52)38(19-27-10-4-3-5-11-27)51-45(54)42-40-36-14-8-6-12-34(36)39(35-13-7-9-15-37(35)40)41(42)44(53)49-26-48-23-28-16-29(24-48)18-30(17-28)25-48/h3-15,20-22,28-30,38-42H,16-19,23-26H2,1-2H3,(H,49,53)(H,50,52)(H,51,54)/t28?,29?,30?,38-,39?,40?,41-,42+,48?/m0/s1. The van der Waals surface area contributed by atoms with E-state index in [1.54, 1.807) is 0 Å². The summed E-state index contributed by atoms with van der Waals surface area (Å²) in [5.41, 5.74) is 5.35. The van der Waals surface area contributed by atoms with Crippen LogP contribution in [0.15, 0.2) is 97.1 Å². The van der Waals surface area contributed by atoms with Crippen molar-refractivity contribution in [3.05, 3.63) is 136 Å². The maximum atomic E-state index is 15.2. The molecule has 58 heavy (non-hydrogen) atoms. The van der Waals surface area contributed by atoms with E-state index in [9.17, 15) is 19.2 Å². The van der Waals surface area contributed by atoms with Crippen LogP contribution in [-0.2, 0) is 30.3 Å². The number of carbonyl (C=O) groups is 5. The summed E-state index contributed by atoms with van der Waals surface area (Å²) >= 11 is 0. The van der Waals surface area contributed by atoms with Gasteiger partial charge in [-0.2, -0.15) is 0 Å². The summed E-state index contributed by atoms with van der Waals surface area (Å²) in [6, 6.07) is 28.7. The van der Waals surface area contributed by atoms with Gasteiger partial charge in [0.05, 0.1) is 37.2 Å². The van der Waals surface area contributed by atoms with Crippen molar-refractivity contribution in [2.75, 3.05) is 26.1 Å². The number of amides is 3. The molecule has 298 valence electrons. The van der Waals surface area contributed by atoms with E-state index in [0.717, 1.165) is 64.8 Å². The zero-order chi connectivity index (χ0) is 40.1. The van der Waals surface area contributed by atoms with Crippen molar-refractivity contribution >= 4 is 35.3 Å². The van der Waals surface area contributed by atoms with Crippen LogP contribution in [0.3, 0.4) is 0 Å². The van der Waals surface area contributed by atoms with Gasteiger partial charge in [-0.05, 0) is 108 Å². The first-order valence-electron chi connectivity index (χ1n) is 20.6. The first-order chi connectivity index (χ1) is 28.1. The lowest BCUT2D eigenvalue weighted by Gasteiger charge is -2.57. The fraction of sp³-hybridized carbons (Fsp3) is 0.396. The van der Waals surface area contributed by atoms with Crippen molar-refractivity contribution in [1.82, 2.24) is 10.6 Å². The highest BCUT2D eigenvalue weighted by molar-refractivity contribution is 6.02. The van der Waals surface area contributed by atoms with Gasteiger partial charge in [-0.15, -0.1) is 0 Å². The molecule has 4 aromatic rings. The normalized spacial score (nSPS) is 27.4. The van der Waals surface area contributed by atoms with Crippen LogP contribution < -0.4 is 16.0 Å². The van der Waals surface area contributed by atoms with Gasteiger partial charge in [0.15, 0.2) is 0 Å². The topological polar surface area (TPSA) is 140 Å². The Morgan fingerprint density at radius 1 is 0.638 bits per heavy atom. The Labute approximate surface area is 338 Å². The van der Waals surface area contributed by atoms with Gasteiger partial charge in [0.1, 0.15) is 6.04 Å². The Hall–Kier alpha value is -5.77. The van der Waals surface area contributed by atoms with Crippen LogP contribution in [0.4, 0.5) is 5.69 Å². The number of rotatable bonds is 11. The highest BCUT2D eigenvalue weighted by Crippen LogP contribution is 2.61. The molecule has 10 nitrogen and oxygen atoms in total. The number of anilines is 1. The fourth-order valence-corrected chi connectivity index (χ4v) is 11.9. The summed E-state index contributed by atoms with van der Waals surface area (Å²) in [5.74, 6) is -2.48. The summed E-state index contributed by atoms with van der Waals surface area (Å²) in [6.07, 6.45) is 7.57. The lowest BCUT2D eigenvalue weighted by atomic mass is 9.49. The molecule has 3 atom stereocenters. The molecule has 0 aliphatic heterocycles. The third-order valence-corrected chi connectivity index (χ3v) is 13.8. The van der Waals surface area contributed by atoms with Gasteiger partial charge in [-0.3, -0.25) is 14.4 Å². The second-order valence-electron chi connectivity index (χ2n) is 17.4. The minimum Gasteiger partial charge on any atom is -0.465 e. The molecule has 6 bridgehead atoms. The van der Waals surface area contributed by atoms with Gasteiger partial charge in [-0.1, -0.05) is 78.9 Å². The number of nitrogens with one attached hydrogen (secondary N) is 3. The zero-order valence-electron chi connectivity index (χ0n) is 32.9. The molecule has 11 rings (SSSR count). The predicted molar refractivity (Wildman–Crippen MR) is 217 cm³/mol. The molecule has 0 heterocycles. The van der Waals surface area contributed by atoms with E-state index in [2.05, 4.69) is 40.2 Å². The highest BCUT2D eigenvalue weighted by atomic mass is 16.5. The van der Waals surface area contributed by atoms with Gasteiger partial charge in [0.2, 0.25) is 17.7 Å². The average molecular weight is 780 g/mol. The minimum absolute atomic E-state index is 0.0438. The Balaban J connectivity index is 1.05. The third kappa shape index (κ3) is 6.86. The van der Waals surface area contributed by atoms with Crippen molar-refractivity contribution < 1.29 is 33.4 Å². The molecule has 4 aromatic carbocycles. The molecule has 0 radical (unpaired) electrons. The van der Waals surface area contributed by atoms with Crippen LogP contribution in [-0.4, -0.2) is 56.5 Å². The van der Waals surface area contributed by atoms with Crippen molar-refractivity contribution in [3.63, 3.8) is 0 Å². The number of carbonyl (C=O) groups excluding carboxylic acids is 5. The molecule has 7 aliphatic rings. The minimum atomic E-state index is -1.08. The first kappa shape index (κ1) is 37.8. The van der Waals surface area contributed by atoms with Crippen LogP contribution in [0.5, 0.6) is 0 Å². The molecule has 4 fully saturated rings. The van der Waals surface area contributed by atoms with Crippen LogP contribution in [0.2, 0.25) is 0 Å². The molecule has 0 spiro atoms. The van der Waals surface area contributed by atoms with E-state index in [1.165, 1.54) is 51.7 Å². The maximum Gasteiger partial charge on any atom is 0.337 e. The lowest BCUT2D eigenvalue weighted by molar-refractivity contribution is -0.139. The number of fused-ring (bicyclic) bond motifs is 1. The predicted octanol–water partition coefficient (Wildman–Crippen LogP) is 6.78. The Kier molecular flexibility index (Phi) is 9.90. The second-order valence-corrected chi connectivity index (χ2v) is 17.4. The van der Waals surface area contributed by atoms with Crippen LogP contribution in [0.25, 0.3) is 0 Å². The quantitative estimate of drug-likeness (QED) is 0.143. The molecular formula is C48H49N3O7. The van der Waals surface area contributed by atoms with Gasteiger partial charge in [-0.25, -0.2) is 9.59 Å². The number of ether oxygens (including phenoxy) is 2. The van der Waals surface area contributed by atoms with Gasteiger partial charge in [0, 0.05) is 30.5 Å². The third-order valence-electron chi connectivity index (χ3n) is 13.8. The van der Waals surface area contributed by atoms with Crippen LogP contribution >= 0.6 is 0 Å². The Morgan fingerprint density at radius 2 is 1.10 bits per heavy atom. The van der Waals surface area contributed by atoms with Crippen molar-refractivity contribution in [3.8, 4) is 0 Å². The maximum absolute atomic E-state index is 15.2. The molecule has 3 amide bonds. The number of hydrogen-bond acceptors (Lipinski definition) is 7. The zero-order valence-corrected chi connectivity index (χ0v) is 32.9. The average Bonchev–Trinajstić information content (AvgIpc) is 3.24. The van der Waals surface area contributed by atoms with Crippen molar-refractivity contribution in [1.29, 1.82) is 0 Å². The van der Waals surface area contributed by atoms with Gasteiger partial charge < -0.3 is 25.4 Å². The molecule has 3 N–H and O–H groups in total. The highest BCUT2D eigenvalue weighted by Gasteiger charge is 2.56. The number of methoxy groups -OCH3 is 2. The van der Waals surface area contributed by atoms with E-state index in [-0.39, 0.29) is 46.4 Å². The number of esters is 2. The fourth-order valence-electron chi connectivity index (χ4n) is 11.9. The van der Waals surface area contributed by atoms with E-state index in [0.29, 0.717) is 6.54 Å². The van der Waals surface area contributed by atoms with Crippen LogP contribution in [0, 0.1) is 35.0 Å². The SMILES string of the molecule is COC(=O)c1cc(NC(=O)[C@H](Cc2ccccc2)NC(=O)[C@@H]2C3c4ccccc4C(c4ccccc43)[C@@H]2C(=O)NCC23CC4CC(CC(C4)C2)C3)cc(C(=O)OC)c1. The summed E-state index contributed by atoms with van der Waals surface area (Å²) in [6.45, 7) is 0.623. The molecular weight excluding hydrogens is 731 g/mol. The molecule has 10 heteroatoms. The van der Waals surface area contributed by atoms with E-state index in [1.807, 2.05) is 54.6 Å². The van der Waals surface area contributed by atoms with E-state index < -0.39 is 41.6 Å². The van der Waals surface area contributed by atoms with E-state index >= 15 is 4.79 Å². The first-order valence-corrected chi connectivity index (χ1v) is 20.6. The second kappa shape index (κ2) is 15.2. The smallest absolute Gasteiger partial charge is 0.337 e. The molecule has 4 saturated carbocycles. The summed E-state index contributed by atoms with van der Waals surface area (Å²) in [7, 11) is 2.45. The molecule has 0 saturated heterocycles. The largest absolute Gasteiger partial charge is 0.465 e. The van der Waals surface area contributed by atoms with E-state index in [4.69, 9.17) is 9.47 Å². The van der Waals surface area contributed by atoms with Crippen LogP contribution in [0.1, 0.15) is 98.9 Å². The summed E-state index contributed by atoms with van der Waals surface area (Å²) < 4.78 is 9.80. The number of hydrogen-bond donors (Lipinski definition) is 3. The monoisotopic (exact) mass is 779 g/mol. The van der Waals surface area contributed by atoms with Crippen molar-refractivity contribution in [2.45, 2.75) is 62.8 Å². The Bertz CT molecular complexity index is 2170. The molecule has 0 aromatic heterocycles. The summed E-state index contributed by atoms with van der Waals surface area (Å²) in [5, 5.41) is 9.42. The molecule has 7 aliphatic carbocycles. The van der Waals surface area contributed by atoms with Gasteiger partial charge in [0.25, 0.3) is 0 Å². The lowest BCUT2D eigenvalue weighted by Crippen LogP contribution is -2.57. The number of benzene rings is 4. The Morgan fingerprint density at radius 3 is 1.59 bits per heavy atom. The van der Waals surface area contributed by atoms with Crippen molar-refractivity contribution in [2.24, 2.45) is 35.0 Å².